The molecule has 84 valence electrons. The Balaban J connectivity index is 2.02. The molecule has 3 nitrogen and oxygen atoms in total. The van der Waals surface area contributed by atoms with Crippen molar-refractivity contribution in [3.05, 3.63) is 0 Å². The number of nitrogens with two attached hydrogens (primary N) is 1. The molecule has 2 unspecified atom stereocenters. The van der Waals surface area contributed by atoms with Crippen LogP contribution >= 0.6 is 0 Å². The van der Waals surface area contributed by atoms with Crippen molar-refractivity contribution in [3.8, 4) is 0 Å². The van der Waals surface area contributed by atoms with Crippen LogP contribution < -0.4 is 11.1 Å². The minimum atomic E-state index is 0.263. The molecule has 1 saturated heterocycles. The van der Waals surface area contributed by atoms with Gasteiger partial charge in [-0.25, -0.2) is 0 Å². The molecule has 1 heterocycles. The zero-order valence-corrected chi connectivity index (χ0v) is 9.46. The van der Waals surface area contributed by atoms with Gasteiger partial charge >= 0.3 is 0 Å². The summed E-state index contributed by atoms with van der Waals surface area (Å²) >= 11 is 0. The van der Waals surface area contributed by atoms with Crippen LogP contribution in [-0.4, -0.2) is 31.8 Å². The third-order valence-electron chi connectivity index (χ3n) is 2.88. The third kappa shape index (κ3) is 4.40. The van der Waals surface area contributed by atoms with Crippen LogP contribution in [0.5, 0.6) is 0 Å². The lowest BCUT2D eigenvalue weighted by Gasteiger charge is -2.24. The highest BCUT2D eigenvalue weighted by molar-refractivity contribution is 4.71. The van der Waals surface area contributed by atoms with E-state index < -0.39 is 0 Å². The Kier molecular flexibility index (Phi) is 5.45. The van der Waals surface area contributed by atoms with E-state index in [1.807, 2.05) is 0 Å². The second kappa shape index (κ2) is 6.38. The van der Waals surface area contributed by atoms with Crippen molar-refractivity contribution in [2.75, 3.05) is 19.7 Å². The molecule has 2 atom stereocenters. The predicted molar refractivity (Wildman–Crippen MR) is 59.3 cm³/mol. The lowest BCUT2D eigenvalue weighted by atomic mass is 10.1. The molecule has 0 aromatic rings. The molecule has 1 aliphatic heterocycles. The minimum Gasteiger partial charge on any atom is -0.377 e. The van der Waals surface area contributed by atoms with E-state index in [1.165, 1.54) is 19.3 Å². The topological polar surface area (TPSA) is 47.3 Å². The Hall–Kier alpha value is -0.120. The van der Waals surface area contributed by atoms with Crippen LogP contribution in [0.15, 0.2) is 0 Å². The van der Waals surface area contributed by atoms with Crippen LogP contribution in [0.3, 0.4) is 0 Å². The molecule has 1 rings (SSSR count). The van der Waals surface area contributed by atoms with Crippen molar-refractivity contribution in [3.63, 3.8) is 0 Å². The van der Waals surface area contributed by atoms with Crippen LogP contribution in [0.25, 0.3) is 0 Å². The Labute approximate surface area is 87.4 Å². The van der Waals surface area contributed by atoms with E-state index in [4.69, 9.17) is 10.5 Å². The van der Waals surface area contributed by atoms with Gasteiger partial charge in [0.05, 0.1) is 6.10 Å². The summed E-state index contributed by atoms with van der Waals surface area (Å²) in [6.45, 7) is 7.10. The van der Waals surface area contributed by atoms with Gasteiger partial charge in [-0.3, -0.25) is 0 Å². The fourth-order valence-electron chi connectivity index (χ4n) is 1.62. The fraction of sp³-hybridized carbons (Fsp3) is 1.00. The maximum absolute atomic E-state index is 5.93. The smallest absolute Gasteiger partial charge is 0.0699 e. The molecular weight excluding hydrogens is 176 g/mol. The molecule has 0 aliphatic carbocycles. The Morgan fingerprint density at radius 3 is 2.79 bits per heavy atom. The predicted octanol–water partition coefficient (Wildman–Crippen LogP) is 1.13. The summed E-state index contributed by atoms with van der Waals surface area (Å²) in [6, 6.07) is 0.263. The van der Waals surface area contributed by atoms with Crippen molar-refractivity contribution < 1.29 is 4.74 Å². The lowest BCUT2D eigenvalue weighted by molar-refractivity contribution is 0.0167. The SMILES string of the molecule is CC(C)C(N)CNCC1CCCCO1. The zero-order valence-electron chi connectivity index (χ0n) is 9.46. The van der Waals surface area contributed by atoms with Gasteiger partial charge in [-0.15, -0.1) is 0 Å². The highest BCUT2D eigenvalue weighted by Crippen LogP contribution is 2.11. The van der Waals surface area contributed by atoms with E-state index in [-0.39, 0.29) is 6.04 Å². The first-order valence-corrected chi connectivity index (χ1v) is 5.78. The zero-order chi connectivity index (χ0) is 10.4. The van der Waals surface area contributed by atoms with E-state index in [9.17, 15) is 0 Å². The summed E-state index contributed by atoms with van der Waals surface area (Å²) in [7, 11) is 0. The minimum absolute atomic E-state index is 0.263. The first-order chi connectivity index (χ1) is 6.70. The standard InChI is InChI=1S/C11H24N2O/c1-9(2)11(12)8-13-7-10-5-3-4-6-14-10/h9-11,13H,3-8,12H2,1-2H3. The molecule has 1 aliphatic rings. The molecule has 3 N–H and O–H groups in total. The van der Waals surface area contributed by atoms with Gasteiger partial charge in [0.15, 0.2) is 0 Å². The van der Waals surface area contributed by atoms with Crippen LogP contribution in [0, 0.1) is 5.92 Å². The van der Waals surface area contributed by atoms with Gasteiger partial charge in [-0.05, 0) is 25.2 Å². The van der Waals surface area contributed by atoms with Gasteiger partial charge < -0.3 is 15.8 Å². The van der Waals surface area contributed by atoms with Crippen LogP contribution in [-0.2, 0) is 4.74 Å². The Morgan fingerprint density at radius 1 is 1.43 bits per heavy atom. The summed E-state index contributed by atoms with van der Waals surface area (Å²) in [5.41, 5.74) is 5.93. The number of rotatable bonds is 5. The Morgan fingerprint density at radius 2 is 2.21 bits per heavy atom. The van der Waals surface area contributed by atoms with E-state index >= 15 is 0 Å². The summed E-state index contributed by atoms with van der Waals surface area (Å²) in [6.07, 6.45) is 4.15. The molecular formula is C11H24N2O. The maximum atomic E-state index is 5.93. The molecule has 0 aromatic heterocycles. The number of hydrogen-bond acceptors (Lipinski definition) is 3. The van der Waals surface area contributed by atoms with Gasteiger partial charge in [0.2, 0.25) is 0 Å². The second-order valence-electron chi connectivity index (χ2n) is 4.55. The summed E-state index contributed by atoms with van der Waals surface area (Å²) in [4.78, 5) is 0. The normalized spacial score (nSPS) is 25.3. The van der Waals surface area contributed by atoms with Crippen LogP contribution in [0.2, 0.25) is 0 Å². The molecule has 0 aromatic carbocycles. The lowest BCUT2D eigenvalue weighted by Crippen LogP contribution is -2.41. The summed E-state index contributed by atoms with van der Waals surface area (Å²) in [5.74, 6) is 0.551. The van der Waals surface area contributed by atoms with E-state index in [0.717, 1.165) is 19.7 Å². The quantitative estimate of drug-likeness (QED) is 0.699. The van der Waals surface area contributed by atoms with Gasteiger partial charge in [-0.2, -0.15) is 0 Å². The molecule has 0 bridgehead atoms. The van der Waals surface area contributed by atoms with Gasteiger partial charge in [0.1, 0.15) is 0 Å². The number of hydrogen-bond donors (Lipinski definition) is 2. The summed E-state index contributed by atoms with van der Waals surface area (Å²) < 4.78 is 5.62. The fourth-order valence-corrected chi connectivity index (χ4v) is 1.62. The highest BCUT2D eigenvalue weighted by atomic mass is 16.5. The molecule has 3 heteroatoms. The molecule has 1 fully saturated rings. The Bertz CT molecular complexity index is 144. The molecule has 0 amide bonds. The van der Waals surface area contributed by atoms with Gasteiger partial charge in [0, 0.05) is 25.7 Å². The van der Waals surface area contributed by atoms with Crippen molar-refractivity contribution >= 4 is 0 Å². The average Bonchev–Trinajstić information content (AvgIpc) is 2.19. The van der Waals surface area contributed by atoms with E-state index in [1.54, 1.807) is 0 Å². The van der Waals surface area contributed by atoms with Crippen LogP contribution in [0.1, 0.15) is 33.1 Å². The first kappa shape index (κ1) is 12.0. The number of nitrogens with one attached hydrogen (secondary N) is 1. The van der Waals surface area contributed by atoms with Gasteiger partial charge in [0.25, 0.3) is 0 Å². The first-order valence-electron chi connectivity index (χ1n) is 5.78. The molecule has 0 radical (unpaired) electrons. The maximum Gasteiger partial charge on any atom is 0.0699 e. The second-order valence-corrected chi connectivity index (χ2v) is 4.55. The van der Waals surface area contributed by atoms with Crippen LogP contribution in [0.4, 0.5) is 0 Å². The highest BCUT2D eigenvalue weighted by Gasteiger charge is 2.14. The van der Waals surface area contributed by atoms with Crippen molar-refractivity contribution in [1.82, 2.24) is 5.32 Å². The largest absolute Gasteiger partial charge is 0.377 e. The number of ether oxygens (including phenoxy) is 1. The molecule has 14 heavy (non-hydrogen) atoms. The van der Waals surface area contributed by atoms with Crippen molar-refractivity contribution in [2.45, 2.75) is 45.3 Å². The van der Waals surface area contributed by atoms with E-state index in [0.29, 0.717) is 12.0 Å². The monoisotopic (exact) mass is 200 g/mol. The average molecular weight is 200 g/mol. The molecule has 0 spiro atoms. The van der Waals surface area contributed by atoms with Crippen molar-refractivity contribution in [1.29, 1.82) is 0 Å². The third-order valence-corrected chi connectivity index (χ3v) is 2.88. The molecule has 0 saturated carbocycles. The van der Waals surface area contributed by atoms with Crippen molar-refractivity contribution in [2.24, 2.45) is 11.7 Å². The van der Waals surface area contributed by atoms with E-state index in [2.05, 4.69) is 19.2 Å². The summed E-state index contributed by atoms with van der Waals surface area (Å²) in [5, 5.41) is 3.39. The van der Waals surface area contributed by atoms with Gasteiger partial charge in [-0.1, -0.05) is 13.8 Å².